The molecule has 2 N–H and O–H groups in total. The number of hydrogen-bond donors (Lipinski definition) is 2. The van der Waals surface area contributed by atoms with Crippen LogP contribution in [0.3, 0.4) is 0 Å². The van der Waals surface area contributed by atoms with Crippen LogP contribution in [0.4, 0.5) is 5.69 Å². The van der Waals surface area contributed by atoms with E-state index in [0.717, 1.165) is 11.5 Å². The highest BCUT2D eigenvalue weighted by Gasteiger charge is 2.16. The van der Waals surface area contributed by atoms with E-state index in [-0.39, 0.29) is 16.5 Å². The van der Waals surface area contributed by atoms with Crippen LogP contribution in [0.1, 0.15) is 32.6 Å². The summed E-state index contributed by atoms with van der Waals surface area (Å²) in [5.41, 5.74) is 0.898. The van der Waals surface area contributed by atoms with Crippen LogP contribution < -0.4 is 5.32 Å². The van der Waals surface area contributed by atoms with Crippen LogP contribution in [0.15, 0.2) is 18.2 Å². The molecule has 0 bridgehead atoms. The first-order valence-corrected chi connectivity index (χ1v) is 6.83. The summed E-state index contributed by atoms with van der Waals surface area (Å²) < 4.78 is 3.73. The predicted molar refractivity (Wildman–Crippen MR) is 75.7 cm³/mol. The van der Waals surface area contributed by atoms with Gasteiger partial charge in [0.05, 0.1) is 16.3 Å². The number of nitrogens with zero attached hydrogens (tertiary/aromatic N) is 2. The highest BCUT2D eigenvalue weighted by molar-refractivity contribution is 7.08. The van der Waals surface area contributed by atoms with E-state index < -0.39 is 5.97 Å². The van der Waals surface area contributed by atoms with Crippen LogP contribution in [0.25, 0.3) is 0 Å². The number of aromatic nitrogens is 2. The summed E-state index contributed by atoms with van der Waals surface area (Å²) in [7, 11) is 0. The van der Waals surface area contributed by atoms with Crippen molar-refractivity contribution in [1.82, 2.24) is 9.59 Å². The van der Waals surface area contributed by atoms with Crippen molar-refractivity contribution in [3.8, 4) is 0 Å². The molecule has 20 heavy (non-hydrogen) atoms. The Labute approximate surface area is 123 Å². The molecule has 0 unspecified atom stereocenters. The second-order valence-corrected chi connectivity index (χ2v) is 5.02. The molecule has 0 aliphatic carbocycles. The molecule has 104 valence electrons. The minimum Gasteiger partial charge on any atom is -0.478 e. The molecule has 0 radical (unpaired) electrons. The number of halogens is 1. The third-order valence-corrected chi connectivity index (χ3v) is 3.65. The predicted octanol–water partition coefficient (Wildman–Crippen LogP) is 2.70. The first-order chi connectivity index (χ1) is 9.52. The van der Waals surface area contributed by atoms with Gasteiger partial charge in [0.2, 0.25) is 0 Å². The third kappa shape index (κ3) is 2.94. The van der Waals surface area contributed by atoms with Gasteiger partial charge < -0.3 is 10.4 Å². The van der Waals surface area contributed by atoms with Gasteiger partial charge in [-0.2, -0.15) is 0 Å². The Morgan fingerprint density at radius 1 is 1.45 bits per heavy atom. The van der Waals surface area contributed by atoms with Crippen LogP contribution in [0.2, 0.25) is 5.02 Å². The minimum atomic E-state index is -1.15. The molecule has 0 atom stereocenters. The first kappa shape index (κ1) is 14.4. The Morgan fingerprint density at radius 2 is 2.20 bits per heavy atom. The summed E-state index contributed by atoms with van der Waals surface area (Å²) in [6.45, 7) is 1.87. The fourth-order valence-corrected chi connectivity index (χ4v) is 2.41. The number of carboxylic acids is 1. The van der Waals surface area contributed by atoms with Crippen LogP contribution in [0.5, 0.6) is 0 Å². The van der Waals surface area contributed by atoms with Gasteiger partial charge in [-0.1, -0.05) is 23.0 Å². The Bertz CT molecular complexity index is 672. The van der Waals surface area contributed by atoms with Gasteiger partial charge in [-0.25, -0.2) is 4.79 Å². The number of aryl methyl sites for hydroxylation is 1. The van der Waals surface area contributed by atoms with Gasteiger partial charge in [0.15, 0.2) is 0 Å². The largest absolute Gasteiger partial charge is 0.478 e. The third-order valence-electron chi connectivity index (χ3n) is 2.55. The Morgan fingerprint density at radius 3 is 2.85 bits per heavy atom. The first-order valence-electron chi connectivity index (χ1n) is 5.68. The number of rotatable bonds is 4. The lowest BCUT2D eigenvalue weighted by molar-refractivity contribution is 0.0696. The maximum atomic E-state index is 12.1. The minimum absolute atomic E-state index is 0.0670. The molecule has 0 saturated carbocycles. The normalized spacial score (nSPS) is 10.3. The molecule has 1 aromatic heterocycles. The van der Waals surface area contributed by atoms with Gasteiger partial charge in [0.1, 0.15) is 4.88 Å². The summed E-state index contributed by atoms with van der Waals surface area (Å²) in [5.74, 6) is -1.52. The van der Waals surface area contributed by atoms with Gasteiger partial charge in [-0.15, -0.1) is 5.10 Å². The summed E-state index contributed by atoms with van der Waals surface area (Å²) in [5, 5.41) is 15.6. The van der Waals surface area contributed by atoms with E-state index in [0.29, 0.717) is 22.7 Å². The SMILES string of the molecule is CCc1nnsc1C(=O)Nc1ccc(Cl)c(C(=O)O)c1. The van der Waals surface area contributed by atoms with Gasteiger partial charge in [-0.05, 0) is 36.2 Å². The van der Waals surface area contributed by atoms with E-state index in [2.05, 4.69) is 14.9 Å². The Balaban J connectivity index is 2.24. The lowest BCUT2D eigenvalue weighted by atomic mass is 10.2. The molecule has 1 amide bonds. The van der Waals surface area contributed by atoms with Crippen molar-refractivity contribution in [2.45, 2.75) is 13.3 Å². The zero-order chi connectivity index (χ0) is 14.7. The second kappa shape index (κ2) is 5.98. The van der Waals surface area contributed by atoms with Crippen molar-refractivity contribution in [2.75, 3.05) is 5.32 Å². The van der Waals surface area contributed by atoms with Crippen LogP contribution >= 0.6 is 23.1 Å². The average molecular weight is 312 g/mol. The highest BCUT2D eigenvalue weighted by Crippen LogP contribution is 2.22. The average Bonchev–Trinajstić information content (AvgIpc) is 2.89. The second-order valence-electron chi connectivity index (χ2n) is 3.86. The van der Waals surface area contributed by atoms with Crippen LogP contribution in [0, 0.1) is 0 Å². The number of carbonyl (C=O) groups excluding carboxylic acids is 1. The number of aromatic carboxylic acids is 1. The molecular formula is C12H10ClN3O3S. The lowest BCUT2D eigenvalue weighted by Gasteiger charge is -2.06. The van der Waals surface area contributed by atoms with Crippen molar-refractivity contribution in [3.05, 3.63) is 39.4 Å². The molecule has 0 fully saturated rings. The maximum Gasteiger partial charge on any atom is 0.337 e. The fourth-order valence-electron chi connectivity index (χ4n) is 1.57. The van der Waals surface area contributed by atoms with Crippen molar-refractivity contribution in [1.29, 1.82) is 0 Å². The molecule has 8 heteroatoms. The topological polar surface area (TPSA) is 92.2 Å². The zero-order valence-electron chi connectivity index (χ0n) is 10.4. The number of amides is 1. The van der Waals surface area contributed by atoms with E-state index in [9.17, 15) is 9.59 Å². The molecule has 1 heterocycles. The summed E-state index contributed by atoms with van der Waals surface area (Å²) in [4.78, 5) is 23.4. The quantitative estimate of drug-likeness (QED) is 0.905. The van der Waals surface area contributed by atoms with Crippen molar-refractivity contribution in [3.63, 3.8) is 0 Å². The van der Waals surface area contributed by atoms with Gasteiger partial charge in [-0.3, -0.25) is 4.79 Å². The molecule has 6 nitrogen and oxygen atoms in total. The van der Waals surface area contributed by atoms with Crippen molar-refractivity contribution >= 4 is 40.7 Å². The van der Waals surface area contributed by atoms with Gasteiger partial charge >= 0.3 is 5.97 Å². The molecule has 0 spiro atoms. The highest BCUT2D eigenvalue weighted by atomic mass is 35.5. The molecule has 1 aromatic carbocycles. The number of benzene rings is 1. The number of carbonyl (C=O) groups is 2. The summed E-state index contributed by atoms with van der Waals surface area (Å²) in [6.07, 6.45) is 0.597. The van der Waals surface area contributed by atoms with Gasteiger partial charge in [0.25, 0.3) is 5.91 Å². The van der Waals surface area contributed by atoms with Gasteiger partial charge in [0, 0.05) is 5.69 Å². The monoisotopic (exact) mass is 311 g/mol. The molecule has 2 aromatic rings. The molecular weight excluding hydrogens is 302 g/mol. The number of nitrogens with one attached hydrogen (secondary N) is 1. The Hall–Kier alpha value is -1.99. The fraction of sp³-hybridized carbons (Fsp3) is 0.167. The van der Waals surface area contributed by atoms with E-state index >= 15 is 0 Å². The Kier molecular flexibility index (Phi) is 4.31. The summed E-state index contributed by atoms with van der Waals surface area (Å²) in [6, 6.07) is 4.27. The molecule has 2 rings (SSSR count). The number of anilines is 1. The standard InChI is InChI=1S/C12H10ClN3O3S/c1-2-9-10(20-16-15-9)11(17)14-6-3-4-8(13)7(5-6)12(18)19/h3-5H,2H2,1H3,(H,14,17)(H,18,19). The van der Waals surface area contributed by atoms with E-state index in [1.165, 1.54) is 18.2 Å². The zero-order valence-corrected chi connectivity index (χ0v) is 12.0. The van der Waals surface area contributed by atoms with Crippen LogP contribution in [-0.4, -0.2) is 26.6 Å². The molecule has 0 saturated heterocycles. The number of carboxylic acid groups (broad SMARTS) is 1. The maximum absolute atomic E-state index is 12.1. The molecule has 0 aliphatic rings. The number of hydrogen-bond acceptors (Lipinski definition) is 5. The van der Waals surface area contributed by atoms with Crippen molar-refractivity contribution in [2.24, 2.45) is 0 Å². The van der Waals surface area contributed by atoms with E-state index in [4.69, 9.17) is 16.7 Å². The van der Waals surface area contributed by atoms with E-state index in [1.54, 1.807) is 0 Å². The smallest absolute Gasteiger partial charge is 0.337 e. The van der Waals surface area contributed by atoms with Crippen molar-refractivity contribution < 1.29 is 14.7 Å². The van der Waals surface area contributed by atoms with E-state index in [1.807, 2.05) is 6.92 Å². The van der Waals surface area contributed by atoms with Crippen LogP contribution in [-0.2, 0) is 6.42 Å². The lowest BCUT2D eigenvalue weighted by Crippen LogP contribution is -2.13. The summed E-state index contributed by atoms with van der Waals surface area (Å²) >= 11 is 6.76. The molecule has 0 aliphatic heterocycles.